The summed E-state index contributed by atoms with van der Waals surface area (Å²) in [5.41, 5.74) is 5.57. The molecular formula is C8H17NO2. The van der Waals surface area contributed by atoms with Crippen LogP contribution in [0.1, 0.15) is 19.8 Å². The normalized spacial score (nSPS) is 30.3. The van der Waals surface area contributed by atoms with Gasteiger partial charge in [0, 0.05) is 18.1 Å². The van der Waals surface area contributed by atoms with Gasteiger partial charge < -0.3 is 15.6 Å². The van der Waals surface area contributed by atoms with Crippen LogP contribution in [0.4, 0.5) is 0 Å². The molecule has 0 aliphatic carbocycles. The summed E-state index contributed by atoms with van der Waals surface area (Å²) in [5.74, 6) is 0.345. The third-order valence-corrected chi connectivity index (χ3v) is 2.70. The lowest BCUT2D eigenvalue weighted by Gasteiger charge is -2.31. The van der Waals surface area contributed by atoms with Crippen molar-refractivity contribution < 1.29 is 9.84 Å². The summed E-state index contributed by atoms with van der Waals surface area (Å²) in [4.78, 5) is 0. The fraction of sp³-hybridized carbons (Fsp3) is 1.00. The molecule has 3 nitrogen and oxygen atoms in total. The van der Waals surface area contributed by atoms with E-state index in [1.54, 1.807) is 0 Å². The topological polar surface area (TPSA) is 55.5 Å². The Morgan fingerprint density at radius 2 is 2.45 bits per heavy atom. The van der Waals surface area contributed by atoms with E-state index >= 15 is 0 Å². The van der Waals surface area contributed by atoms with Gasteiger partial charge in [0.05, 0.1) is 13.2 Å². The zero-order chi connectivity index (χ0) is 8.32. The van der Waals surface area contributed by atoms with E-state index < -0.39 is 5.54 Å². The number of hydrogen-bond donors (Lipinski definition) is 2. The molecule has 1 saturated heterocycles. The molecule has 3 N–H and O–H groups in total. The molecule has 0 bridgehead atoms. The van der Waals surface area contributed by atoms with E-state index in [1.807, 2.05) is 6.92 Å². The number of ether oxygens (including phenoxy) is 1. The molecule has 2 atom stereocenters. The smallest absolute Gasteiger partial charge is 0.0614 e. The molecule has 1 aliphatic rings. The molecule has 0 aromatic heterocycles. The van der Waals surface area contributed by atoms with Crippen LogP contribution in [0.5, 0.6) is 0 Å². The zero-order valence-corrected chi connectivity index (χ0v) is 7.05. The Morgan fingerprint density at radius 1 is 1.73 bits per heavy atom. The lowest BCUT2D eigenvalue weighted by Crippen LogP contribution is -2.50. The van der Waals surface area contributed by atoms with Crippen molar-refractivity contribution in [2.24, 2.45) is 11.7 Å². The van der Waals surface area contributed by atoms with Crippen molar-refractivity contribution in [3.8, 4) is 0 Å². The van der Waals surface area contributed by atoms with Crippen LogP contribution in [0, 0.1) is 5.92 Å². The predicted molar refractivity (Wildman–Crippen MR) is 43.2 cm³/mol. The van der Waals surface area contributed by atoms with Crippen LogP contribution in [0.25, 0.3) is 0 Å². The summed E-state index contributed by atoms with van der Waals surface area (Å²) >= 11 is 0. The molecule has 11 heavy (non-hydrogen) atoms. The van der Waals surface area contributed by atoms with Crippen LogP contribution in [0.3, 0.4) is 0 Å². The van der Waals surface area contributed by atoms with Gasteiger partial charge in [0.1, 0.15) is 0 Å². The van der Waals surface area contributed by atoms with Crippen molar-refractivity contribution in [1.29, 1.82) is 0 Å². The first-order valence-electron chi connectivity index (χ1n) is 4.20. The Balaban J connectivity index is 2.52. The van der Waals surface area contributed by atoms with Gasteiger partial charge in [0.15, 0.2) is 0 Å². The molecule has 1 aliphatic heterocycles. The van der Waals surface area contributed by atoms with Crippen LogP contribution in [-0.4, -0.2) is 30.5 Å². The summed E-state index contributed by atoms with van der Waals surface area (Å²) in [6.07, 6.45) is 1.81. The van der Waals surface area contributed by atoms with Gasteiger partial charge in [-0.15, -0.1) is 0 Å². The van der Waals surface area contributed by atoms with Crippen LogP contribution in [0.2, 0.25) is 0 Å². The lowest BCUT2D eigenvalue weighted by molar-refractivity contribution is 0.113. The van der Waals surface area contributed by atoms with E-state index in [2.05, 4.69) is 0 Å². The van der Waals surface area contributed by atoms with Crippen molar-refractivity contribution in [1.82, 2.24) is 0 Å². The van der Waals surface area contributed by atoms with E-state index in [4.69, 9.17) is 15.6 Å². The van der Waals surface area contributed by atoms with Crippen LogP contribution < -0.4 is 5.73 Å². The second-order valence-electron chi connectivity index (χ2n) is 3.31. The largest absolute Gasteiger partial charge is 0.394 e. The maximum absolute atomic E-state index is 9.07. The number of rotatable bonds is 3. The summed E-state index contributed by atoms with van der Waals surface area (Å²) in [5, 5.41) is 9.07. The number of hydrogen-bond acceptors (Lipinski definition) is 3. The highest BCUT2D eigenvalue weighted by Gasteiger charge is 2.35. The summed E-state index contributed by atoms with van der Waals surface area (Å²) in [6, 6.07) is 0. The predicted octanol–water partition coefficient (Wildman–Crippen LogP) is 0.123. The van der Waals surface area contributed by atoms with Gasteiger partial charge in [0.2, 0.25) is 0 Å². The van der Waals surface area contributed by atoms with E-state index in [-0.39, 0.29) is 6.61 Å². The lowest BCUT2D eigenvalue weighted by atomic mass is 9.83. The molecule has 2 unspecified atom stereocenters. The summed E-state index contributed by atoms with van der Waals surface area (Å²) < 4.78 is 5.22. The molecule has 0 amide bonds. The Labute approximate surface area is 67.5 Å². The standard InChI is InChI=1S/C8H17NO2/c1-2-8(9,6-10)7-3-4-11-5-7/h7,10H,2-6,9H2,1H3. The molecule has 0 spiro atoms. The quantitative estimate of drug-likeness (QED) is 0.615. The van der Waals surface area contributed by atoms with Gasteiger partial charge >= 0.3 is 0 Å². The number of aliphatic hydroxyl groups excluding tert-OH is 1. The molecule has 0 aromatic rings. The first-order valence-corrected chi connectivity index (χ1v) is 4.20. The van der Waals surface area contributed by atoms with Gasteiger partial charge in [-0.05, 0) is 12.8 Å². The second-order valence-corrected chi connectivity index (χ2v) is 3.31. The second kappa shape index (κ2) is 3.52. The van der Waals surface area contributed by atoms with Gasteiger partial charge in [-0.25, -0.2) is 0 Å². The van der Waals surface area contributed by atoms with Gasteiger partial charge in [-0.2, -0.15) is 0 Å². The van der Waals surface area contributed by atoms with E-state index in [9.17, 15) is 0 Å². The van der Waals surface area contributed by atoms with Gasteiger partial charge in [-0.3, -0.25) is 0 Å². The maximum Gasteiger partial charge on any atom is 0.0614 e. The molecule has 1 heterocycles. The van der Waals surface area contributed by atoms with Crippen LogP contribution in [0.15, 0.2) is 0 Å². The highest BCUT2D eigenvalue weighted by atomic mass is 16.5. The Kier molecular flexibility index (Phi) is 2.87. The van der Waals surface area contributed by atoms with Crippen molar-refractivity contribution in [3.05, 3.63) is 0 Å². The molecule has 0 radical (unpaired) electrons. The molecule has 66 valence electrons. The number of aliphatic hydroxyl groups is 1. The number of nitrogens with two attached hydrogens (primary N) is 1. The van der Waals surface area contributed by atoms with Crippen LogP contribution >= 0.6 is 0 Å². The Hall–Kier alpha value is -0.120. The van der Waals surface area contributed by atoms with Crippen LogP contribution in [-0.2, 0) is 4.74 Å². The first kappa shape index (κ1) is 8.97. The maximum atomic E-state index is 9.07. The monoisotopic (exact) mass is 159 g/mol. The molecule has 1 fully saturated rings. The highest BCUT2D eigenvalue weighted by molar-refractivity contribution is 4.91. The van der Waals surface area contributed by atoms with Crippen molar-refractivity contribution in [3.63, 3.8) is 0 Å². The third-order valence-electron chi connectivity index (χ3n) is 2.70. The van der Waals surface area contributed by atoms with Gasteiger partial charge in [0.25, 0.3) is 0 Å². The molecular weight excluding hydrogens is 142 g/mol. The fourth-order valence-corrected chi connectivity index (χ4v) is 1.52. The van der Waals surface area contributed by atoms with E-state index in [0.29, 0.717) is 12.5 Å². The van der Waals surface area contributed by atoms with E-state index in [1.165, 1.54) is 0 Å². The first-order chi connectivity index (χ1) is 5.23. The minimum Gasteiger partial charge on any atom is -0.394 e. The third kappa shape index (κ3) is 1.72. The summed E-state index contributed by atoms with van der Waals surface area (Å²) in [7, 11) is 0. The van der Waals surface area contributed by atoms with Crippen molar-refractivity contribution in [2.45, 2.75) is 25.3 Å². The fourth-order valence-electron chi connectivity index (χ4n) is 1.52. The Bertz CT molecular complexity index is 117. The van der Waals surface area contributed by atoms with E-state index in [0.717, 1.165) is 19.4 Å². The zero-order valence-electron chi connectivity index (χ0n) is 7.05. The molecule has 1 rings (SSSR count). The van der Waals surface area contributed by atoms with Crippen molar-refractivity contribution >= 4 is 0 Å². The molecule has 3 heteroatoms. The van der Waals surface area contributed by atoms with Gasteiger partial charge in [-0.1, -0.05) is 6.92 Å². The summed E-state index contributed by atoms with van der Waals surface area (Å²) in [6.45, 7) is 3.58. The molecule has 0 aromatic carbocycles. The minimum absolute atomic E-state index is 0.0670. The average molecular weight is 159 g/mol. The Morgan fingerprint density at radius 3 is 2.82 bits per heavy atom. The molecule has 0 saturated carbocycles. The SMILES string of the molecule is CCC(N)(CO)C1CCOC1. The van der Waals surface area contributed by atoms with Crippen molar-refractivity contribution in [2.75, 3.05) is 19.8 Å². The minimum atomic E-state index is -0.406. The highest BCUT2D eigenvalue weighted by Crippen LogP contribution is 2.25. The average Bonchev–Trinajstić information content (AvgIpc) is 2.55.